The molecule has 1 atom stereocenters. The average molecular weight is 344 g/mol. The van der Waals surface area contributed by atoms with Gasteiger partial charge in [0.1, 0.15) is 5.82 Å². The van der Waals surface area contributed by atoms with E-state index in [9.17, 15) is 4.79 Å². The summed E-state index contributed by atoms with van der Waals surface area (Å²) in [6.45, 7) is 7.91. The van der Waals surface area contributed by atoms with E-state index in [1.165, 1.54) is 0 Å². The summed E-state index contributed by atoms with van der Waals surface area (Å²) in [7, 11) is 1.68. The number of amides is 1. The Morgan fingerprint density at radius 1 is 1.24 bits per heavy atom. The quantitative estimate of drug-likeness (QED) is 0.906. The number of piperidine rings is 1. The smallest absolute Gasteiger partial charge is 0.223 e. The van der Waals surface area contributed by atoms with Crippen LogP contribution in [0, 0.1) is 5.92 Å². The monoisotopic (exact) mass is 344 g/mol. The van der Waals surface area contributed by atoms with Gasteiger partial charge in [0.2, 0.25) is 5.91 Å². The average Bonchev–Trinajstić information content (AvgIpc) is 3.01. The first-order valence-corrected chi connectivity index (χ1v) is 9.07. The molecule has 0 aliphatic carbocycles. The van der Waals surface area contributed by atoms with Crippen LogP contribution in [0.15, 0.2) is 24.3 Å². The number of aromatic nitrogens is 2. The van der Waals surface area contributed by atoms with Crippen LogP contribution in [-0.4, -0.2) is 40.7 Å². The molecule has 136 valence electrons. The topological polar surface area (TPSA) is 59.4 Å². The Bertz CT molecular complexity index is 732. The van der Waals surface area contributed by atoms with Gasteiger partial charge in [-0.1, -0.05) is 12.1 Å². The lowest BCUT2D eigenvalue weighted by Crippen LogP contribution is -2.41. The molecule has 1 N–H and O–H groups in total. The van der Waals surface area contributed by atoms with Crippen molar-refractivity contribution in [1.82, 2.24) is 19.9 Å². The molecule has 2 aromatic rings. The Hall–Kier alpha value is -1.92. The summed E-state index contributed by atoms with van der Waals surface area (Å²) in [6, 6.07) is 8.29. The third-order valence-electron chi connectivity index (χ3n) is 4.97. The zero-order valence-electron chi connectivity index (χ0n) is 15.5. The summed E-state index contributed by atoms with van der Waals surface area (Å²) in [6.07, 6.45) is 1.65. The molecule has 6 heteroatoms. The van der Waals surface area contributed by atoms with E-state index in [1.54, 1.807) is 7.11 Å². The Morgan fingerprint density at radius 3 is 2.56 bits per heavy atom. The Labute approximate surface area is 149 Å². The minimum Gasteiger partial charge on any atom is -0.346 e. The molecule has 1 aliphatic heterocycles. The lowest BCUT2D eigenvalue weighted by Gasteiger charge is -2.30. The molecule has 0 saturated carbocycles. The van der Waals surface area contributed by atoms with Crippen LogP contribution >= 0.6 is 0 Å². The van der Waals surface area contributed by atoms with E-state index < -0.39 is 0 Å². The van der Waals surface area contributed by atoms with Crippen molar-refractivity contribution in [1.29, 1.82) is 0 Å². The van der Waals surface area contributed by atoms with Crippen LogP contribution in [0.3, 0.4) is 0 Å². The molecule has 3 rings (SSSR count). The van der Waals surface area contributed by atoms with Crippen LogP contribution in [0.5, 0.6) is 0 Å². The van der Waals surface area contributed by atoms with Crippen molar-refractivity contribution in [2.45, 2.75) is 45.7 Å². The van der Waals surface area contributed by atoms with E-state index in [2.05, 4.69) is 29.8 Å². The fraction of sp³-hybridized carbons (Fsp3) is 0.579. The second-order valence-electron chi connectivity index (χ2n) is 7.04. The number of carbonyl (C=O) groups excluding carboxylic acids is 1. The molecule has 1 aromatic heterocycles. The first kappa shape index (κ1) is 17.9. The van der Waals surface area contributed by atoms with Gasteiger partial charge in [-0.2, -0.15) is 5.06 Å². The number of nitrogens with one attached hydrogen (secondary N) is 1. The van der Waals surface area contributed by atoms with E-state index in [0.717, 1.165) is 42.8 Å². The lowest BCUT2D eigenvalue weighted by molar-refractivity contribution is -0.154. The summed E-state index contributed by atoms with van der Waals surface area (Å²) < 4.78 is 2.22. The van der Waals surface area contributed by atoms with Crippen LogP contribution < -0.4 is 5.32 Å². The van der Waals surface area contributed by atoms with Crippen LogP contribution in [0.1, 0.15) is 51.5 Å². The van der Waals surface area contributed by atoms with E-state index in [0.29, 0.717) is 0 Å². The predicted octanol–water partition coefficient (Wildman–Crippen LogP) is 3.07. The van der Waals surface area contributed by atoms with Crippen LogP contribution in [0.4, 0.5) is 0 Å². The second-order valence-corrected chi connectivity index (χ2v) is 7.04. The summed E-state index contributed by atoms with van der Waals surface area (Å²) in [5.74, 6) is 1.08. The fourth-order valence-corrected chi connectivity index (χ4v) is 3.61. The molecule has 0 radical (unpaired) electrons. The Kier molecular flexibility index (Phi) is 5.39. The third-order valence-corrected chi connectivity index (χ3v) is 4.97. The van der Waals surface area contributed by atoms with E-state index in [4.69, 9.17) is 9.82 Å². The summed E-state index contributed by atoms with van der Waals surface area (Å²) in [5.41, 5.74) is 2.09. The molecule has 1 fully saturated rings. The maximum atomic E-state index is 12.7. The number of rotatable bonds is 5. The SMILES string of the molecule is CON1CCC(C(=O)NC(C)c2nc3ccccc3n2C(C)C)CC1. The molecule has 1 saturated heterocycles. The van der Waals surface area contributed by atoms with E-state index in [-0.39, 0.29) is 23.9 Å². The minimum absolute atomic E-state index is 0.0470. The number of fused-ring (bicyclic) bond motifs is 1. The van der Waals surface area contributed by atoms with Gasteiger partial charge in [0.25, 0.3) is 0 Å². The van der Waals surface area contributed by atoms with Crippen molar-refractivity contribution in [3.05, 3.63) is 30.1 Å². The van der Waals surface area contributed by atoms with E-state index >= 15 is 0 Å². The van der Waals surface area contributed by atoms with Crippen molar-refractivity contribution in [3.63, 3.8) is 0 Å². The standard InChI is InChI=1S/C19H28N4O2/c1-13(2)23-17-8-6-5-7-16(17)21-18(23)14(3)20-19(24)15-9-11-22(25-4)12-10-15/h5-8,13-15H,9-12H2,1-4H3,(H,20,24). The first-order valence-electron chi connectivity index (χ1n) is 9.07. The van der Waals surface area contributed by atoms with Gasteiger partial charge < -0.3 is 14.7 Å². The lowest BCUT2D eigenvalue weighted by atomic mass is 9.96. The first-order chi connectivity index (χ1) is 12.0. The number of carbonyl (C=O) groups is 1. The maximum absolute atomic E-state index is 12.7. The van der Waals surface area contributed by atoms with Crippen molar-refractivity contribution in [3.8, 4) is 0 Å². The van der Waals surface area contributed by atoms with Crippen LogP contribution in [-0.2, 0) is 9.63 Å². The van der Waals surface area contributed by atoms with Crippen molar-refractivity contribution in [2.24, 2.45) is 5.92 Å². The summed E-state index contributed by atoms with van der Waals surface area (Å²) in [4.78, 5) is 22.7. The predicted molar refractivity (Wildman–Crippen MR) is 98.0 cm³/mol. The molecule has 0 bridgehead atoms. The van der Waals surface area contributed by atoms with Crippen molar-refractivity contribution in [2.75, 3.05) is 20.2 Å². The van der Waals surface area contributed by atoms with Crippen LogP contribution in [0.25, 0.3) is 11.0 Å². The zero-order valence-corrected chi connectivity index (χ0v) is 15.5. The van der Waals surface area contributed by atoms with Gasteiger partial charge in [-0.3, -0.25) is 4.79 Å². The van der Waals surface area contributed by atoms with Gasteiger partial charge in [0.15, 0.2) is 0 Å². The maximum Gasteiger partial charge on any atom is 0.223 e. The molecule has 0 spiro atoms. The largest absolute Gasteiger partial charge is 0.346 e. The van der Waals surface area contributed by atoms with Gasteiger partial charge >= 0.3 is 0 Å². The highest BCUT2D eigenvalue weighted by Crippen LogP contribution is 2.26. The van der Waals surface area contributed by atoms with Crippen molar-refractivity contribution >= 4 is 16.9 Å². The molecule has 1 unspecified atom stereocenters. The Morgan fingerprint density at radius 2 is 1.92 bits per heavy atom. The van der Waals surface area contributed by atoms with Gasteiger partial charge in [0.05, 0.1) is 24.2 Å². The molecular formula is C19H28N4O2. The molecule has 1 aromatic carbocycles. The molecule has 6 nitrogen and oxygen atoms in total. The minimum atomic E-state index is -0.122. The van der Waals surface area contributed by atoms with Gasteiger partial charge in [-0.05, 0) is 45.7 Å². The highest BCUT2D eigenvalue weighted by Gasteiger charge is 2.27. The van der Waals surface area contributed by atoms with E-state index in [1.807, 2.05) is 30.2 Å². The second kappa shape index (κ2) is 7.54. The molecular weight excluding hydrogens is 316 g/mol. The van der Waals surface area contributed by atoms with Gasteiger partial charge in [-0.15, -0.1) is 0 Å². The third kappa shape index (κ3) is 3.70. The number of hydrogen-bond donors (Lipinski definition) is 1. The molecule has 25 heavy (non-hydrogen) atoms. The number of nitrogens with zero attached hydrogens (tertiary/aromatic N) is 3. The van der Waals surface area contributed by atoms with Crippen LogP contribution in [0.2, 0.25) is 0 Å². The van der Waals surface area contributed by atoms with Gasteiger partial charge in [0, 0.05) is 25.0 Å². The van der Waals surface area contributed by atoms with Crippen molar-refractivity contribution < 1.29 is 9.63 Å². The molecule has 1 amide bonds. The highest BCUT2D eigenvalue weighted by molar-refractivity contribution is 5.80. The number of benzene rings is 1. The number of hydrogen-bond acceptors (Lipinski definition) is 4. The van der Waals surface area contributed by atoms with Gasteiger partial charge in [-0.25, -0.2) is 4.98 Å². The molecule has 1 aliphatic rings. The number of para-hydroxylation sites is 2. The zero-order chi connectivity index (χ0) is 18.0. The number of imidazole rings is 1. The number of hydroxylamine groups is 2. The fourth-order valence-electron chi connectivity index (χ4n) is 3.61. The summed E-state index contributed by atoms with van der Waals surface area (Å²) in [5, 5.41) is 5.08. The highest BCUT2D eigenvalue weighted by atomic mass is 16.7. The Balaban J connectivity index is 1.75. The normalized spacial score (nSPS) is 18.0. The molecule has 2 heterocycles. The summed E-state index contributed by atoms with van der Waals surface area (Å²) >= 11 is 0.